The summed E-state index contributed by atoms with van der Waals surface area (Å²) < 4.78 is 7.22. The van der Waals surface area contributed by atoms with E-state index in [-0.39, 0.29) is 18.5 Å². The van der Waals surface area contributed by atoms with Crippen LogP contribution in [0.3, 0.4) is 0 Å². The van der Waals surface area contributed by atoms with E-state index in [2.05, 4.69) is 38.7 Å². The molecule has 1 aliphatic rings. The first-order valence-corrected chi connectivity index (χ1v) is 11.0. The summed E-state index contributed by atoms with van der Waals surface area (Å²) in [5, 5.41) is 17.1. The largest absolute Gasteiger partial charge is 0.444 e. The fourth-order valence-corrected chi connectivity index (χ4v) is 3.91. The highest BCUT2D eigenvalue weighted by atomic mass is 35.5. The van der Waals surface area contributed by atoms with Crippen molar-refractivity contribution in [1.29, 1.82) is 0 Å². The molecule has 1 N–H and O–H groups in total. The molecule has 34 heavy (non-hydrogen) atoms. The standard InChI is InChI=1S/C25H26N6O2.ClH/c1-25(2,3)33-24(32)30-14-12-18(13-15-30)17-8-10-19(11-9-17)31-16-22(27-29-31)23-20-6-4-5-7-21(20)26-28-23;/h4-12,16H,13-15H2,1-3H3,(H,26,28);1H. The van der Waals surface area contributed by atoms with E-state index < -0.39 is 5.60 Å². The van der Waals surface area contributed by atoms with E-state index in [1.807, 2.05) is 63.4 Å². The minimum absolute atomic E-state index is 0. The van der Waals surface area contributed by atoms with Crippen LogP contribution < -0.4 is 0 Å². The molecule has 0 saturated carbocycles. The number of H-pyrrole nitrogens is 1. The maximum atomic E-state index is 12.3. The van der Waals surface area contributed by atoms with Crippen LogP contribution in [0, 0.1) is 0 Å². The van der Waals surface area contributed by atoms with Crippen LogP contribution >= 0.6 is 12.4 Å². The van der Waals surface area contributed by atoms with Gasteiger partial charge in [0, 0.05) is 18.5 Å². The highest BCUT2D eigenvalue weighted by Gasteiger charge is 2.24. The molecule has 1 aliphatic heterocycles. The number of nitrogens with one attached hydrogen (secondary N) is 1. The van der Waals surface area contributed by atoms with Gasteiger partial charge in [0.25, 0.3) is 0 Å². The molecule has 0 radical (unpaired) electrons. The fraction of sp³-hybridized carbons (Fsp3) is 0.280. The number of fused-ring (bicyclic) bond motifs is 1. The Bertz CT molecular complexity index is 1330. The second kappa shape index (κ2) is 9.30. The number of rotatable bonds is 3. The van der Waals surface area contributed by atoms with Crippen LogP contribution in [-0.4, -0.2) is 54.9 Å². The molecule has 0 spiro atoms. The summed E-state index contributed by atoms with van der Waals surface area (Å²) in [7, 11) is 0. The molecule has 0 atom stereocenters. The van der Waals surface area contributed by atoms with Crippen LogP contribution in [0.5, 0.6) is 0 Å². The summed E-state index contributed by atoms with van der Waals surface area (Å²) in [6.07, 6.45) is 4.51. The zero-order valence-corrected chi connectivity index (χ0v) is 20.2. The molecule has 0 fully saturated rings. The van der Waals surface area contributed by atoms with Crippen LogP contribution in [0.25, 0.3) is 33.6 Å². The molecule has 176 valence electrons. The first-order chi connectivity index (χ1) is 15.9. The summed E-state index contributed by atoms with van der Waals surface area (Å²) in [6.45, 7) is 6.84. The van der Waals surface area contributed by atoms with Crippen LogP contribution in [0.4, 0.5) is 4.79 Å². The summed E-state index contributed by atoms with van der Waals surface area (Å²) >= 11 is 0. The molecule has 8 nitrogen and oxygen atoms in total. The Balaban J connectivity index is 0.00000274. The topological polar surface area (TPSA) is 88.9 Å². The third-order valence-electron chi connectivity index (χ3n) is 5.57. The van der Waals surface area contributed by atoms with Crippen molar-refractivity contribution in [3.8, 4) is 17.1 Å². The second-order valence-corrected chi connectivity index (χ2v) is 9.12. The molecular weight excluding hydrogens is 452 g/mol. The number of hydrogen-bond acceptors (Lipinski definition) is 5. The zero-order chi connectivity index (χ0) is 23.0. The minimum atomic E-state index is -0.484. The highest BCUT2D eigenvalue weighted by molar-refractivity contribution is 5.91. The predicted molar refractivity (Wildman–Crippen MR) is 134 cm³/mol. The van der Waals surface area contributed by atoms with Gasteiger partial charge in [-0.2, -0.15) is 5.10 Å². The molecular formula is C25H27ClN6O2. The van der Waals surface area contributed by atoms with E-state index in [9.17, 15) is 4.79 Å². The number of nitrogens with zero attached hydrogens (tertiary/aromatic N) is 5. The van der Waals surface area contributed by atoms with Gasteiger partial charge in [0.2, 0.25) is 0 Å². The first-order valence-electron chi connectivity index (χ1n) is 11.0. The van der Waals surface area contributed by atoms with Crippen molar-refractivity contribution < 1.29 is 9.53 Å². The van der Waals surface area contributed by atoms with Crippen molar-refractivity contribution in [1.82, 2.24) is 30.1 Å². The second-order valence-electron chi connectivity index (χ2n) is 9.12. The van der Waals surface area contributed by atoms with Crippen molar-refractivity contribution in [2.24, 2.45) is 0 Å². The van der Waals surface area contributed by atoms with Gasteiger partial charge >= 0.3 is 6.09 Å². The average Bonchev–Trinajstić information content (AvgIpc) is 3.45. The third kappa shape index (κ3) is 4.82. The predicted octanol–water partition coefficient (Wildman–Crippen LogP) is 5.26. The van der Waals surface area contributed by atoms with E-state index in [1.165, 1.54) is 5.57 Å². The Labute approximate surface area is 204 Å². The smallest absolute Gasteiger partial charge is 0.410 e. The van der Waals surface area contributed by atoms with Crippen LogP contribution in [0.2, 0.25) is 0 Å². The quantitative estimate of drug-likeness (QED) is 0.434. The molecule has 0 saturated heterocycles. The normalized spacial score (nSPS) is 14.0. The number of carbonyl (C=O) groups is 1. The Morgan fingerprint density at radius 1 is 1.09 bits per heavy atom. The summed E-state index contributed by atoms with van der Waals surface area (Å²) in [6, 6.07) is 16.2. The molecule has 5 rings (SSSR count). The molecule has 1 amide bonds. The molecule has 0 aliphatic carbocycles. The van der Waals surface area contributed by atoms with E-state index in [4.69, 9.17) is 4.74 Å². The van der Waals surface area contributed by atoms with E-state index in [1.54, 1.807) is 9.58 Å². The molecule has 2 aromatic heterocycles. The van der Waals surface area contributed by atoms with Gasteiger partial charge < -0.3 is 9.64 Å². The lowest BCUT2D eigenvalue weighted by Crippen LogP contribution is -2.39. The summed E-state index contributed by atoms with van der Waals surface area (Å²) in [5.74, 6) is 0. The van der Waals surface area contributed by atoms with E-state index >= 15 is 0 Å². The maximum Gasteiger partial charge on any atom is 0.410 e. The van der Waals surface area contributed by atoms with Gasteiger partial charge in [0.05, 0.1) is 17.4 Å². The fourth-order valence-electron chi connectivity index (χ4n) is 3.91. The minimum Gasteiger partial charge on any atom is -0.444 e. The average molecular weight is 479 g/mol. The van der Waals surface area contributed by atoms with E-state index in [0.29, 0.717) is 18.8 Å². The number of benzene rings is 2. The van der Waals surface area contributed by atoms with E-state index in [0.717, 1.165) is 34.3 Å². The van der Waals surface area contributed by atoms with Crippen LogP contribution in [0.15, 0.2) is 60.8 Å². The van der Waals surface area contributed by atoms with Gasteiger partial charge in [0.1, 0.15) is 17.0 Å². The monoisotopic (exact) mass is 478 g/mol. The van der Waals surface area contributed by atoms with Gasteiger partial charge in [-0.25, -0.2) is 9.48 Å². The molecule has 0 unspecified atom stereocenters. The lowest BCUT2D eigenvalue weighted by molar-refractivity contribution is 0.0270. The zero-order valence-electron chi connectivity index (χ0n) is 19.4. The number of carbonyl (C=O) groups excluding carboxylic acids is 1. The lowest BCUT2D eigenvalue weighted by Gasteiger charge is -2.29. The Hall–Kier alpha value is -3.65. The summed E-state index contributed by atoms with van der Waals surface area (Å²) in [5.41, 5.74) is 5.28. The van der Waals surface area contributed by atoms with Crippen LogP contribution in [0.1, 0.15) is 32.8 Å². The van der Waals surface area contributed by atoms with Crippen molar-refractivity contribution in [3.05, 3.63) is 66.4 Å². The van der Waals surface area contributed by atoms with Gasteiger partial charge in [-0.1, -0.05) is 41.6 Å². The van der Waals surface area contributed by atoms with Crippen molar-refractivity contribution in [3.63, 3.8) is 0 Å². The number of hydrogen-bond donors (Lipinski definition) is 1. The number of para-hydroxylation sites is 1. The SMILES string of the molecule is CC(C)(C)OC(=O)N1CC=C(c2ccc(-n3cc(-c4n[nH]c5ccccc45)nn3)cc2)CC1.Cl. The Kier molecular flexibility index (Phi) is 6.43. The van der Waals surface area contributed by atoms with Gasteiger partial charge in [0.15, 0.2) is 0 Å². The molecule has 9 heteroatoms. The number of ether oxygens (including phenoxy) is 1. The van der Waals surface area contributed by atoms with Crippen molar-refractivity contribution >= 4 is 35.0 Å². The summed E-state index contributed by atoms with van der Waals surface area (Å²) in [4.78, 5) is 14.0. The Morgan fingerprint density at radius 3 is 2.56 bits per heavy atom. The number of amides is 1. The molecule has 3 heterocycles. The molecule has 2 aromatic carbocycles. The van der Waals surface area contributed by atoms with Gasteiger partial charge in [-0.05, 0) is 56.5 Å². The van der Waals surface area contributed by atoms with Crippen molar-refractivity contribution in [2.75, 3.05) is 13.1 Å². The third-order valence-corrected chi connectivity index (χ3v) is 5.57. The number of aromatic nitrogens is 5. The lowest BCUT2D eigenvalue weighted by atomic mass is 9.99. The molecule has 0 bridgehead atoms. The van der Waals surface area contributed by atoms with Crippen molar-refractivity contribution in [2.45, 2.75) is 32.8 Å². The molecule has 4 aromatic rings. The van der Waals surface area contributed by atoms with Crippen LogP contribution in [-0.2, 0) is 4.74 Å². The number of halogens is 1. The first kappa shape index (κ1) is 23.5. The number of aromatic amines is 1. The van der Waals surface area contributed by atoms with Gasteiger partial charge in [-0.15, -0.1) is 17.5 Å². The highest BCUT2D eigenvalue weighted by Crippen LogP contribution is 2.26. The Morgan fingerprint density at radius 2 is 1.85 bits per heavy atom. The maximum absolute atomic E-state index is 12.3. The van der Waals surface area contributed by atoms with Gasteiger partial charge in [-0.3, -0.25) is 5.10 Å².